The van der Waals surface area contributed by atoms with Crippen LogP contribution in [0.5, 0.6) is 0 Å². The number of urea groups is 1. The molecule has 1 saturated heterocycles. The van der Waals surface area contributed by atoms with Gasteiger partial charge in [0, 0.05) is 6.54 Å². The number of imide groups is 2. The van der Waals surface area contributed by atoms with Gasteiger partial charge in [-0.25, -0.2) is 4.79 Å². The molecule has 1 aliphatic rings. The summed E-state index contributed by atoms with van der Waals surface area (Å²) in [6.45, 7) is 3.75. The summed E-state index contributed by atoms with van der Waals surface area (Å²) < 4.78 is 0. The molecule has 82 valence electrons. The molecular weight excluding hydrogens is 198 g/mol. The largest absolute Gasteiger partial charge is 0.331 e. The zero-order valence-electron chi connectivity index (χ0n) is 8.23. The van der Waals surface area contributed by atoms with Crippen molar-refractivity contribution in [3.8, 4) is 0 Å². The van der Waals surface area contributed by atoms with Crippen LogP contribution >= 0.6 is 0 Å². The minimum absolute atomic E-state index is 0.0962. The van der Waals surface area contributed by atoms with Gasteiger partial charge in [-0.05, 0) is 13.0 Å². The van der Waals surface area contributed by atoms with Crippen molar-refractivity contribution in [3.63, 3.8) is 0 Å². The van der Waals surface area contributed by atoms with Gasteiger partial charge in [-0.15, -0.1) is 6.58 Å². The lowest BCUT2D eigenvalue weighted by Crippen LogP contribution is -2.58. The Kier molecular flexibility index (Phi) is 3.56. The fourth-order valence-corrected chi connectivity index (χ4v) is 1.38. The third-order valence-electron chi connectivity index (χ3n) is 2.12. The molecule has 3 N–H and O–H groups in total. The molecule has 1 fully saturated rings. The second kappa shape index (κ2) is 4.70. The quantitative estimate of drug-likeness (QED) is 0.471. The van der Waals surface area contributed by atoms with E-state index in [1.165, 1.54) is 6.08 Å². The first kappa shape index (κ1) is 11.4. The molecule has 1 aliphatic heterocycles. The van der Waals surface area contributed by atoms with Crippen LogP contribution in [-0.2, 0) is 9.59 Å². The van der Waals surface area contributed by atoms with E-state index in [2.05, 4.69) is 11.9 Å². The van der Waals surface area contributed by atoms with Crippen molar-refractivity contribution in [2.24, 2.45) is 11.7 Å². The summed E-state index contributed by atoms with van der Waals surface area (Å²) in [7, 11) is 0. The third kappa shape index (κ3) is 2.21. The van der Waals surface area contributed by atoms with E-state index in [9.17, 15) is 14.4 Å². The van der Waals surface area contributed by atoms with Gasteiger partial charge in [0.15, 0.2) is 0 Å². The van der Waals surface area contributed by atoms with E-state index in [-0.39, 0.29) is 19.5 Å². The molecular formula is C9H13N3O3. The van der Waals surface area contributed by atoms with Gasteiger partial charge in [0.25, 0.3) is 0 Å². The van der Waals surface area contributed by atoms with Gasteiger partial charge in [-0.2, -0.15) is 0 Å². The smallest absolute Gasteiger partial charge is 0.330 e. The first-order valence-electron chi connectivity index (χ1n) is 4.59. The average molecular weight is 211 g/mol. The highest BCUT2D eigenvalue weighted by molar-refractivity contribution is 6.16. The molecule has 1 rings (SSSR count). The highest BCUT2D eigenvalue weighted by Crippen LogP contribution is 2.13. The Morgan fingerprint density at radius 3 is 2.67 bits per heavy atom. The molecule has 0 spiro atoms. The Labute approximate surface area is 87.1 Å². The first-order chi connectivity index (χ1) is 7.11. The van der Waals surface area contributed by atoms with Gasteiger partial charge in [0.1, 0.15) is 5.92 Å². The maximum atomic E-state index is 11.7. The van der Waals surface area contributed by atoms with Crippen molar-refractivity contribution in [2.75, 3.05) is 13.1 Å². The number of rotatable bonds is 4. The molecule has 0 aromatic heterocycles. The number of nitrogens with one attached hydrogen (secondary N) is 1. The molecule has 1 unspecified atom stereocenters. The van der Waals surface area contributed by atoms with E-state index in [0.29, 0.717) is 0 Å². The normalized spacial score (nSPS) is 21.5. The number of amides is 4. The maximum Gasteiger partial charge on any atom is 0.331 e. The van der Waals surface area contributed by atoms with E-state index in [1.54, 1.807) is 0 Å². The number of hydrogen-bond donors (Lipinski definition) is 2. The van der Waals surface area contributed by atoms with Crippen molar-refractivity contribution in [1.82, 2.24) is 10.2 Å². The summed E-state index contributed by atoms with van der Waals surface area (Å²) in [5, 5.41) is 2.10. The van der Waals surface area contributed by atoms with Crippen molar-refractivity contribution >= 4 is 17.8 Å². The van der Waals surface area contributed by atoms with Gasteiger partial charge >= 0.3 is 6.03 Å². The molecule has 15 heavy (non-hydrogen) atoms. The van der Waals surface area contributed by atoms with E-state index in [1.807, 2.05) is 0 Å². The van der Waals surface area contributed by atoms with Gasteiger partial charge in [0.2, 0.25) is 11.8 Å². The lowest BCUT2D eigenvalue weighted by atomic mass is 10.0. The van der Waals surface area contributed by atoms with E-state index in [4.69, 9.17) is 5.73 Å². The number of barbiturate groups is 1. The van der Waals surface area contributed by atoms with Gasteiger partial charge in [-0.1, -0.05) is 6.08 Å². The minimum atomic E-state index is -0.854. The minimum Gasteiger partial charge on any atom is -0.330 e. The van der Waals surface area contributed by atoms with Crippen LogP contribution in [0.3, 0.4) is 0 Å². The molecule has 6 heteroatoms. The molecule has 4 amide bonds. The predicted molar refractivity (Wildman–Crippen MR) is 52.6 cm³/mol. The van der Waals surface area contributed by atoms with Crippen molar-refractivity contribution in [2.45, 2.75) is 6.42 Å². The number of hydrogen-bond acceptors (Lipinski definition) is 4. The number of nitrogens with zero attached hydrogens (tertiary/aromatic N) is 1. The van der Waals surface area contributed by atoms with Crippen LogP contribution < -0.4 is 11.1 Å². The zero-order valence-corrected chi connectivity index (χ0v) is 8.23. The van der Waals surface area contributed by atoms with E-state index < -0.39 is 23.8 Å². The molecule has 6 nitrogen and oxygen atoms in total. The van der Waals surface area contributed by atoms with Gasteiger partial charge in [-0.3, -0.25) is 19.8 Å². The lowest BCUT2D eigenvalue weighted by Gasteiger charge is -2.28. The van der Waals surface area contributed by atoms with Crippen LogP contribution in [0.4, 0.5) is 4.79 Å². The zero-order chi connectivity index (χ0) is 11.4. The highest BCUT2D eigenvalue weighted by Gasteiger charge is 2.38. The Morgan fingerprint density at radius 1 is 1.47 bits per heavy atom. The molecule has 0 saturated carbocycles. The van der Waals surface area contributed by atoms with Gasteiger partial charge < -0.3 is 5.73 Å². The summed E-state index contributed by atoms with van der Waals surface area (Å²) in [5.74, 6) is -1.93. The molecule has 0 aromatic carbocycles. The fourth-order valence-electron chi connectivity index (χ4n) is 1.38. The predicted octanol–water partition coefficient (Wildman–Crippen LogP) is -0.784. The Bertz CT molecular complexity index is 314. The van der Waals surface area contributed by atoms with Crippen molar-refractivity contribution < 1.29 is 14.4 Å². The molecule has 1 atom stereocenters. The molecule has 0 aliphatic carbocycles. The second-order valence-electron chi connectivity index (χ2n) is 3.16. The first-order valence-corrected chi connectivity index (χ1v) is 4.59. The lowest BCUT2D eigenvalue weighted by molar-refractivity contribution is -0.142. The number of carbonyl (C=O) groups excluding carboxylic acids is 3. The summed E-state index contributed by atoms with van der Waals surface area (Å²) >= 11 is 0. The third-order valence-corrected chi connectivity index (χ3v) is 2.12. The average Bonchev–Trinajstić information content (AvgIpc) is 2.19. The topological polar surface area (TPSA) is 92.5 Å². The van der Waals surface area contributed by atoms with E-state index >= 15 is 0 Å². The van der Waals surface area contributed by atoms with Crippen molar-refractivity contribution in [3.05, 3.63) is 12.7 Å². The Hall–Kier alpha value is -1.69. The van der Waals surface area contributed by atoms with Crippen LogP contribution in [0.1, 0.15) is 6.42 Å². The van der Waals surface area contributed by atoms with Crippen LogP contribution in [0.15, 0.2) is 12.7 Å². The number of nitrogens with two attached hydrogens (primary N) is 1. The Balaban J connectivity index is 2.83. The summed E-state index contributed by atoms with van der Waals surface area (Å²) in [4.78, 5) is 35.2. The van der Waals surface area contributed by atoms with Crippen LogP contribution in [0, 0.1) is 5.92 Å². The monoisotopic (exact) mass is 211 g/mol. The fraction of sp³-hybridized carbons (Fsp3) is 0.444. The van der Waals surface area contributed by atoms with Crippen LogP contribution in [0.2, 0.25) is 0 Å². The van der Waals surface area contributed by atoms with Crippen LogP contribution in [0.25, 0.3) is 0 Å². The van der Waals surface area contributed by atoms with E-state index in [0.717, 1.165) is 4.90 Å². The SMILES string of the molecule is C=CCN1C(=O)NC(=O)C(CCN)C1=O. The standard InChI is InChI=1S/C9H13N3O3/c1-2-5-12-8(14)6(3-4-10)7(13)11-9(12)15/h2,6H,1,3-5,10H2,(H,11,13,15). The highest BCUT2D eigenvalue weighted by atomic mass is 16.2. The second-order valence-corrected chi connectivity index (χ2v) is 3.16. The number of carbonyl (C=O) groups is 3. The molecule has 1 heterocycles. The van der Waals surface area contributed by atoms with Crippen molar-refractivity contribution in [1.29, 1.82) is 0 Å². The van der Waals surface area contributed by atoms with Crippen LogP contribution in [-0.4, -0.2) is 35.8 Å². The molecule has 0 radical (unpaired) electrons. The summed E-state index contributed by atoms with van der Waals surface area (Å²) in [6.07, 6.45) is 1.67. The maximum absolute atomic E-state index is 11.7. The van der Waals surface area contributed by atoms with Gasteiger partial charge in [0.05, 0.1) is 0 Å². The Morgan fingerprint density at radius 2 is 2.13 bits per heavy atom. The molecule has 0 aromatic rings. The summed E-state index contributed by atoms with van der Waals surface area (Å²) in [6, 6.07) is -0.696. The summed E-state index contributed by atoms with van der Waals surface area (Å²) in [5.41, 5.74) is 5.28. The molecule has 0 bridgehead atoms.